The molecule has 0 bridgehead atoms. The summed E-state index contributed by atoms with van der Waals surface area (Å²) in [6.45, 7) is 4.04. The molecule has 0 aliphatic heterocycles. The number of hydrogen-bond donors (Lipinski definition) is 1. The number of ether oxygens (including phenoxy) is 1. The minimum absolute atomic E-state index is 0.0213. The van der Waals surface area contributed by atoms with Gasteiger partial charge in [0.1, 0.15) is 0 Å². The first kappa shape index (κ1) is 12.7. The van der Waals surface area contributed by atoms with Gasteiger partial charge in [-0.15, -0.1) is 0 Å². The summed E-state index contributed by atoms with van der Waals surface area (Å²) in [5.74, 6) is -0.388. The first-order valence-electron chi connectivity index (χ1n) is 5.44. The lowest BCUT2D eigenvalue weighted by atomic mass is 10.1. The van der Waals surface area contributed by atoms with Gasteiger partial charge in [-0.05, 0) is 13.3 Å². The van der Waals surface area contributed by atoms with Crippen molar-refractivity contribution in [3.63, 3.8) is 0 Å². The van der Waals surface area contributed by atoms with Crippen molar-refractivity contribution in [1.82, 2.24) is 9.78 Å². The van der Waals surface area contributed by atoms with Crippen LogP contribution in [0.15, 0.2) is 6.20 Å². The summed E-state index contributed by atoms with van der Waals surface area (Å²) in [7, 11) is 1.79. The van der Waals surface area contributed by atoms with Crippen molar-refractivity contribution in [3.05, 3.63) is 17.5 Å². The molecule has 0 amide bonds. The highest BCUT2D eigenvalue weighted by molar-refractivity contribution is 5.70. The average Bonchev–Trinajstić information content (AvgIpc) is 2.59. The van der Waals surface area contributed by atoms with E-state index in [1.807, 2.05) is 6.92 Å². The lowest BCUT2D eigenvalue weighted by molar-refractivity contribution is -0.145. The van der Waals surface area contributed by atoms with E-state index < -0.39 is 6.10 Å². The van der Waals surface area contributed by atoms with Gasteiger partial charge in [-0.25, -0.2) is 0 Å². The van der Waals surface area contributed by atoms with E-state index >= 15 is 0 Å². The van der Waals surface area contributed by atoms with Crippen LogP contribution in [0.5, 0.6) is 0 Å². The van der Waals surface area contributed by atoms with E-state index in [0.717, 1.165) is 12.1 Å². The number of nitrogens with zero attached hydrogens (tertiary/aromatic N) is 2. The van der Waals surface area contributed by atoms with Crippen LogP contribution in [-0.4, -0.2) is 27.5 Å². The van der Waals surface area contributed by atoms with E-state index in [2.05, 4.69) is 5.10 Å². The van der Waals surface area contributed by atoms with Crippen molar-refractivity contribution in [3.8, 4) is 0 Å². The van der Waals surface area contributed by atoms with E-state index in [0.29, 0.717) is 12.2 Å². The van der Waals surface area contributed by atoms with Gasteiger partial charge in [0.05, 0.1) is 24.8 Å². The van der Waals surface area contributed by atoms with Gasteiger partial charge in [0, 0.05) is 18.8 Å². The van der Waals surface area contributed by atoms with Crippen LogP contribution < -0.4 is 0 Å². The SMILES string of the molecule is CCOC(=O)CC(O)c1cn(C)nc1CC. The molecule has 1 atom stereocenters. The average molecular weight is 226 g/mol. The molecule has 0 fully saturated rings. The number of hydrogen-bond acceptors (Lipinski definition) is 4. The zero-order chi connectivity index (χ0) is 12.1. The highest BCUT2D eigenvalue weighted by atomic mass is 16.5. The molecule has 0 aromatic carbocycles. The Morgan fingerprint density at radius 3 is 2.88 bits per heavy atom. The highest BCUT2D eigenvalue weighted by Crippen LogP contribution is 2.20. The predicted molar refractivity (Wildman–Crippen MR) is 58.8 cm³/mol. The van der Waals surface area contributed by atoms with Crippen molar-refractivity contribution in [2.24, 2.45) is 7.05 Å². The minimum atomic E-state index is -0.831. The normalized spacial score (nSPS) is 12.5. The monoisotopic (exact) mass is 226 g/mol. The molecule has 0 aliphatic carbocycles. The topological polar surface area (TPSA) is 64.3 Å². The summed E-state index contributed by atoms with van der Waals surface area (Å²) in [4.78, 5) is 11.2. The van der Waals surface area contributed by atoms with E-state index in [1.54, 1.807) is 24.9 Å². The number of carbonyl (C=O) groups excluding carboxylic acids is 1. The third-order valence-electron chi connectivity index (χ3n) is 2.30. The predicted octanol–water partition coefficient (Wildman–Crippen LogP) is 0.969. The van der Waals surface area contributed by atoms with E-state index in [9.17, 15) is 9.90 Å². The molecule has 1 aromatic rings. The molecule has 0 aliphatic rings. The smallest absolute Gasteiger partial charge is 0.308 e. The Balaban J connectivity index is 2.71. The molecular formula is C11H18N2O3. The lowest BCUT2D eigenvalue weighted by Crippen LogP contribution is -2.10. The minimum Gasteiger partial charge on any atom is -0.466 e. The first-order chi connectivity index (χ1) is 7.58. The number of aliphatic hydroxyl groups excluding tert-OH is 1. The summed E-state index contributed by atoms with van der Waals surface area (Å²) in [6.07, 6.45) is 1.62. The number of esters is 1. The van der Waals surface area contributed by atoms with Gasteiger partial charge in [0.25, 0.3) is 0 Å². The van der Waals surface area contributed by atoms with Gasteiger partial charge in [-0.2, -0.15) is 5.10 Å². The molecule has 5 nitrogen and oxygen atoms in total. The second-order valence-electron chi connectivity index (χ2n) is 3.58. The molecule has 1 aromatic heterocycles. The summed E-state index contributed by atoms with van der Waals surface area (Å²) in [5.41, 5.74) is 1.53. The molecule has 1 heterocycles. The molecule has 16 heavy (non-hydrogen) atoms. The fourth-order valence-electron chi connectivity index (χ4n) is 1.59. The van der Waals surface area contributed by atoms with E-state index in [-0.39, 0.29) is 12.4 Å². The standard InChI is InChI=1S/C11H18N2O3/c1-4-9-8(7-13(3)12-9)10(14)6-11(15)16-5-2/h7,10,14H,4-6H2,1-3H3. The molecule has 0 spiro atoms. The molecule has 1 rings (SSSR count). The Hall–Kier alpha value is -1.36. The molecule has 1 N–H and O–H groups in total. The Kier molecular flexibility index (Phi) is 4.49. The Morgan fingerprint density at radius 1 is 1.62 bits per heavy atom. The molecule has 1 unspecified atom stereocenters. The summed E-state index contributed by atoms with van der Waals surface area (Å²) < 4.78 is 6.43. The molecule has 5 heteroatoms. The summed E-state index contributed by atoms with van der Waals surface area (Å²) in [5, 5.41) is 14.1. The second-order valence-corrected chi connectivity index (χ2v) is 3.58. The third kappa shape index (κ3) is 3.06. The Morgan fingerprint density at radius 2 is 2.31 bits per heavy atom. The maximum absolute atomic E-state index is 11.2. The van der Waals surface area contributed by atoms with E-state index in [1.165, 1.54) is 0 Å². The van der Waals surface area contributed by atoms with Crippen LogP contribution in [-0.2, 0) is 23.0 Å². The van der Waals surface area contributed by atoms with Gasteiger partial charge in [0.15, 0.2) is 0 Å². The molecule has 0 saturated carbocycles. The van der Waals surface area contributed by atoms with Crippen LogP contribution in [0, 0.1) is 0 Å². The van der Waals surface area contributed by atoms with Crippen LogP contribution in [0.25, 0.3) is 0 Å². The van der Waals surface area contributed by atoms with Gasteiger partial charge in [0.2, 0.25) is 0 Å². The van der Waals surface area contributed by atoms with Gasteiger partial charge < -0.3 is 9.84 Å². The molecule has 0 radical (unpaired) electrons. The second kappa shape index (κ2) is 5.65. The molecule has 0 saturated heterocycles. The number of aliphatic hydroxyl groups is 1. The number of aromatic nitrogens is 2. The largest absolute Gasteiger partial charge is 0.466 e. The van der Waals surface area contributed by atoms with Crippen molar-refractivity contribution >= 4 is 5.97 Å². The zero-order valence-corrected chi connectivity index (χ0v) is 9.93. The van der Waals surface area contributed by atoms with Crippen molar-refractivity contribution in [2.75, 3.05) is 6.61 Å². The van der Waals surface area contributed by atoms with Crippen LogP contribution in [0.4, 0.5) is 0 Å². The van der Waals surface area contributed by atoms with Crippen LogP contribution in [0.3, 0.4) is 0 Å². The molecule has 90 valence electrons. The molecular weight excluding hydrogens is 208 g/mol. The fourth-order valence-corrected chi connectivity index (χ4v) is 1.59. The lowest BCUT2D eigenvalue weighted by Gasteiger charge is -2.09. The van der Waals surface area contributed by atoms with Gasteiger partial charge in [-0.3, -0.25) is 9.48 Å². The maximum Gasteiger partial charge on any atom is 0.308 e. The maximum atomic E-state index is 11.2. The van der Waals surface area contributed by atoms with Crippen LogP contribution >= 0.6 is 0 Å². The third-order valence-corrected chi connectivity index (χ3v) is 2.30. The van der Waals surface area contributed by atoms with Crippen LogP contribution in [0.2, 0.25) is 0 Å². The zero-order valence-electron chi connectivity index (χ0n) is 9.93. The van der Waals surface area contributed by atoms with Crippen molar-refractivity contribution < 1.29 is 14.6 Å². The summed E-state index contributed by atoms with van der Waals surface area (Å²) >= 11 is 0. The number of rotatable bonds is 5. The number of aryl methyl sites for hydroxylation is 2. The quantitative estimate of drug-likeness (QED) is 0.760. The first-order valence-corrected chi connectivity index (χ1v) is 5.44. The summed E-state index contributed by atoms with van der Waals surface area (Å²) in [6, 6.07) is 0. The van der Waals surface area contributed by atoms with Gasteiger partial charge in [-0.1, -0.05) is 6.92 Å². The van der Waals surface area contributed by atoms with Gasteiger partial charge >= 0.3 is 5.97 Å². The highest BCUT2D eigenvalue weighted by Gasteiger charge is 2.18. The van der Waals surface area contributed by atoms with E-state index in [4.69, 9.17) is 4.74 Å². The Bertz CT molecular complexity index is 360. The van der Waals surface area contributed by atoms with Crippen molar-refractivity contribution in [2.45, 2.75) is 32.8 Å². The number of carbonyl (C=O) groups is 1. The Labute approximate surface area is 95.0 Å². The van der Waals surface area contributed by atoms with Crippen molar-refractivity contribution in [1.29, 1.82) is 0 Å². The fraction of sp³-hybridized carbons (Fsp3) is 0.636. The van der Waals surface area contributed by atoms with Crippen LogP contribution in [0.1, 0.15) is 37.6 Å².